The molecule has 0 spiro atoms. The molecule has 3 aromatic rings. The Kier molecular flexibility index (Phi) is 5.12. The van der Waals surface area contributed by atoms with Crippen molar-refractivity contribution in [2.45, 2.75) is 20.4 Å². The second kappa shape index (κ2) is 7.65. The van der Waals surface area contributed by atoms with Crippen molar-refractivity contribution >= 4 is 11.7 Å². The second-order valence-corrected chi connectivity index (χ2v) is 5.78. The third kappa shape index (κ3) is 3.80. The van der Waals surface area contributed by atoms with E-state index in [1.807, 2.05) is 32.0 Å². The van der Waals surface area contributed by atoms with E-state index in [-0.39, 0.29) is 12.3 Å². The van der Waals surface area contributed by atoms with E-state index in [0.717, 1.165) is 16.9 Å². The predicted molar refractivity (Wildman–Crippen MR) is 95.1 cm³/mol. The molecule has 26 heavy (non-hydrogen) atoms. The SMILES string of the molecule is Cc1cccc(C)c1Oc1ncccc1CNC(=O)C(=O)c1ccco1. The van der Waals surface area contributed by atoms with Crippen molar-refractivity contribution in [1.82, 2.24) is 10.3 Å². The minimum Gasteiger partial charge on any atom is -0.461 e. The number of nitrogens with zero attached hydrogens (tertiary/aromatic N) is 1. The molecule has 0 aliphatic rings. The number of Topliss-reactive ketones (excluding diaryl/α,β-unsaturated/α-hetero) is 1. The summed E-state index contributed by atoms with van der Waals surface area (Å²) in [6, 6.07) is 12.4. The molecule has 0 saturated carbocycles. The molecule has 2 aromatic heterocycles. The largest absolute Gasteiger partial charge is 0.461 e. The van der Waals surface area contributed by atoms with Gasteiger partial charge in [-0.1, -0.05) is 24.3 Å². The Morgan fingerprint density at radius 2 is 1.85 bits per heavy atom. The first-order chi connectivity index (χ1) is 12.6. The Hall–Kier alpha value is -3.41. The van der Waals surface area contributed by atoms with Gasteiger partial charge in [0.25, 0.3) is 11.7 Å². The van der Waals surface area contributed by atoms with E-state index < -0.39 is 11.7 Å². The van der Waals surface area contributed by atoms with Crippen molar-refractivity contribution in [3.63, 3.8) is 0 Å². The highest BCUT2D eigenvalue weighted by Gasteiger charge is 2.19. The Morgan fingerprint density at radius 1 is 1.08 bits per heavy atom. The van der Waals surface area contributed by atoms with Crippen LogP contribution in [0.2, 0.25) is 0 Å². The van der Waals surface area contributed by atoms with Crippen LogP contribution in [0.25, 0.3) is 0 Å². The van der Waals surface area contributed by atoms with Crippen LogP contribution in [0.3, 0.4) is 0 Å². The number of furan rings is 1. The number of pyridine rings is 1. The van der Waals surface area contributed by atoms with E-state index in [2.05, 4.69) is 10.3 Å². The summed E-state index contributed by atoms with van der Waals surface area (Å²) in [5.74, 6) is -0.361. The van der Waals surface area contributed by atoms with Gasteiger partial charge in [-0.25, -0.2) is 4.98 Å². The molecule has 0 aliphatic carbocycles. The van der Waals surface area contributed by atoms with E-state index in [1.54, 1.807) is 24.4 Å². The molecule has 6 nitrogen and oxygen atoms in total. The van der Waals surface area contributed by atoms with Gasteiger partial charge in [-0.2, -0.15) is 0 Å². The lowest BCUT2D eigenvalue weighted by Crippen LogP contribution is -2.30. The highest BCUT2D eigenvalue weighted by Crippen LogP contribution is 2.29. The highest BCUT2D eigenvalue weighted by atomic mass is 16.5. The third-order valence-electron chi connectivity index (χ3n) is 3.85. The summed E-state index contributed by atoms with van der Waals surface area (Å²) in [7, 11) is 0. The maximum atomic E-state index is 12.0. The summed E-state index contributed by atoms with van der Waals surface area (Å²) < 4.78 is 10.9. The van der Waals surface area contributed by atoms with Gasteiger partial charge < -0.3 is 14.5 Å². The van der Waals surface area contributed by atoms with Gasteiger partial charge in [0.2, 0.25) is 5.88 Å². The summed E-state index contributed by atoms with van der Waals surface area (Å²) in [4.78, 5) is 28.2. The number of rotatable bonds is 6. The lowest BCUT2D eigenvalue weighted by atomic mass is 10.1. The second-order valence-electron chi connectivity index (χ2n) is 5.78. The molecule has 3 rings (SSSR count). The topological polar surface area (TPSA) is 81.4 Å². The van der Waals surface area contributed by atoms with Crippen molar-refractivity contribution in [3.8, 4) is 11.6 Å². The van der Waals surface area contributed by atoms with Crippen molar-refractivity contribution < 1.29 is 18.7 Å². The Bertz CT molecular complexity index is 912. The minimum absolute atomic E-state index is 0.000644. The molecule has 2 heterocycles. The number of hydrogen-bond donors (Lipinski definition) is 1. The molecule has 132 valence electrons. The normalized spacial score (nSPS) is 10.4. The Morgan fingerprint density at radius 3 is 2.54 bits per heavy atom. The van der Waals surface area contributed by atoms with Crippen LogP contribution < -0.4 is 10.1 Å². The van der Waals surface area contributed by atoms with E-state index in [0.29, 0.717) is 11.4 Å². The maximum absolute atomic E-state index is 12.0. The summed E-state index contributed by atoms with van der Waals surface area (Å²) in [6.07, 6.45) is 2.96. The van der Waals surface area contributed by atoms with Gasteiger partial charge in [0.15, 0.2) is 5.76 Å². The van der Waals surface area contributed by atoms with Crippen molar-refractivity contribution in [1.29, 1.82) is 0 Å². The molecular weight excluding hydrogens is 332 g/mol. The number of aryl methyl sites for hydroxylation is 2. The zero-order chi connectivity index (χ0) is 18.5. The first-order valence-electron chi connectivity index (χ1n) is 8.10. The van der Waals surface area contributed by atoms with Crippen LogP contribution in [-0.4, -0.2) is 16.7 Å². The maximum Gasteiger partial charge on any atom is 0.296 e. The number of para-hydroxylation sites is 1. The average Bonchev–Trinajstić information content (AvgIpc) is 3.17. The van der Waals surface area contributed by atoms with E-state index in [9.17, 15) is 9.59 Å². The molecule has 0 atom stereocenters. The molecule has 1 N–H and O–H groups in total. The molecule has 1 amide bonds. The van der Waals surface area contributed by atoms with Gasteiger partial charge in [0.1, 0.15) is 5.75 Å². The molecule has 0 fully saturated rings. The van der Waals surface area contributed by atoms with E-state index in [4.69, 9.17) is 9.15 Å². The quantitative estimate of drug-likeness (QED) is 0.543. The molecule has 0 aliphatic heterocycles. The van der Waals surface area contributed by atoms with Crippen LogP contribution in [0.1, 0.15) is 27.2 Å². The number of benzene rings is 1. The van der Waals surface area contributed by atoms with Crippen molar-refractivity contribution in [2.24, 2.45) is 0 Å². The predicted octanol–water partition coefficient (Wildman–Crippen LogP) is 3.58. The zero-order valence-corrected chi connectivity index (χ0v) is 14.5. The summed E-state index contributed by atoms with van der Waals surface area (Å²) in [6.45, 7) is 4.02. The number of nitrogens with one attached hydrogen (secondary N) is 1. The number of amides is 1. The van der Waals surface area contributed by atoms with Gasteiger partial charge in [-0.3, -0.25) is 9.59 Å². The van der Waals surface area contributed by atoms with Crippen LogP contribution in [-0.2, 0) is 11.3 Å². The first kappa shape index (κ1) is 17.4. The van der Waals surface area contributed by atoms with Gasteiger partial charge >= 0.3 is 0 Å². The van der Waals surface area contributed by atoms with Crippen LogP contribution >= 0.6 is 0 Å². The van der Waals surface area contributed by atoms with Crippen LogP contribution in [0, 0.1) is 13.8 Å². The van der Waals surface area contributed by atoms with Gasteiger partial charge in [0, 0.05) is 18.3 Å². The lowest BCUT2D eigenvalue weighted by molar-refractivity contribution is -0.117. The number of ether oxygens (including phenoxy) is 1. The lowest BCUT2D eigenvalue weighted by Gasteiger charge is -2.14. The Balaban J connectivity index is 1.73. The van der Waals surface area contributed by atoms with E-state index in [1.165, 1.54) is 12.3 Å². The van der Waals surface area contributed by atoms with Gasteiger partial charge in [-0.15, -0.1) is 0 Å². The Labute approximate surface area is 150 Å². The zero-order valence-electron chi connectivity index (χ0n) is 14.5. The monoisotopic (exact) mass is 350 g/mol. The number of hydrogen-bond acceptors (Lipinski definition) is 5. The standard InChI is InChI=1S/C20H18N2O4/c1-13-6-3-7-14(2)18(13)26-20-15(8-4-10-21-20)12-22-19(24)17(23)16-9-5-11-25-16/h3-11H,12H2,1-2H3,(H,22,24). The molecule has 1 aromatic carbocycles. The highest BCUT2D eigenvalue weighted by molar-refractivity contribution is 6.41. The van der Waals surface area contributed by atoms with E-state index >= 15 is 0 Å². The number of carbonyl (C=O) groups is 2. The van der Waals surface area contributed by atoms with Crippen LogP contribution in [0.5, 0.6) is 11.6 Å². The fourth-order valence-corrected chi connectivity index (χ4v) is 2.48. The smallest absolute Gasteiger partial charge is 0.296 e. The summed E-state index contributed by atoms with van der Waals surface area (Å²) in [5, 5.41) is 2.57. The fourth-order valence-electron chi connectivity index (χ4n) is 2.48. The fraction of sp³-hybridized carbons (Fsp3) is 0.150. The van der Waals surface area contributed by atoms with Gasteiger partial charge in [-0.05, 0) is 43.2 Å². The number of aromatic nitrogens is 1. The van der Waals surface area contributed by atoms with Gasteiger partial charge in [0.05, 0.1) is 6.26 Å². The minimum atomic E-state index is -0.748. The van der Waals surface area contributed by atoms with Crippen molar-refractivity contribution in [2.75, 3.05) is 0 Å². The first-order valence-corrected chi connectivity index (χ1v) is 8.10. The molecule has 0 radical (unpaired) electrons. The summed E-state index contributed by atoms with van der Waals surface area (Å²) >= 11 is 0. The molecular formula is C20H18N2O4. The summed E-state index contributed by atoms with van der Waals surface area (Å²) in [5.41, 5.74) is 2.63. The molecule has 0 saturated heterocycles. The molecule has 0 bridgehead atoms. The number of carbonyl (C=O) groups excluding carboxylic acids is 2. The number of ketones is 1. The molecule has 6 heteroatoms. The molecule has 0 unspecified atom stereocenters. The van der Waals surface area contributed by atoms with Crippen LogP contribution in [0.15, 0.2) is 59.3 Å². The van der Waals surface area contributed by atoms with Crippen LogP contribution in [0.4, 0.5) is 0 Å². The average molecular weight is 350 g/mol. The third-order valence-corrected chi connectivity index (χ3v) is 3.85. The van der Waals surface area contributed by atoms with Crippen molar-refractivity contribution in [3.05, 3.63) is 77.4 Å².